The van der Waals surface area contributed by atoms with Gasteiger partial charge in [-0.25, -0.2) is 13.7 Å². The molecule has 6 N–H and O–H groups in total. The molecule has 2 unspecified atom stereocenters. The summed E-state index contributed by atoms with van der Waals surface area (Å²) < 4.78 is 61.2. The summed E-state index contributed by atoms with van der Waals surface area (Å²) in [4.78, 5) is 35.2. The third kappa shape index (κ3) is 8.95. The number of phosphoric ester groups is 1. The van der Waals surface area contributed by atoms with Gasteiger partial charge in [-0.2, -0.15) is 4.98 Å². The number of ether oxygens (including phenoxy) is 5. The Morgan fingerprint density at radius 1 is 1.26 bits per heavy atom. The molecule has 0 amide bonds. The number of nitrogens with two attached hydrogens (primary N) is 2. The van der Waals surface area contributed by atoms with E-state index in [0.29, 0.717) is 23.0 Å². The fraction of sp³-hybridized carbons (Fsp3) is 0.478. The van der Waals surface area contributed by atoms with Crippen molar-refractivity contribution in [3.05, 3.63) is 39.9 Å². The van der Waals surface area contributed by atoms with Gasteiger partial charge in [-0.15, -0.1) is 11.8 Å². The molecule has 1 aromatic heterocycles. The lowest BCUT2D eigenvalue weighted by Gasteiger charge is -2.25. The molecule has 1 saturated heterocycles. The Kier molecular flexibility index (Phi) is 12.7. The Labute approximate surface area is 246 Å². The van der Waals surface area contributed by atoms with E-state index in [2.05, 4.69) is 21.1 Å². The first-order valence-corrected chi connectivity index (χ1v) is 16.0. The summed E-state index contributed by atoms with van der Waals surface area (Å²) in [6, 6.07) is 2.66. The minimum atomic E-state index is -4.88. The SMILES string of the molecule is COc1cc(OC)c(CSCO[C@H]2[C@H](n3cc(C#CCN)c(N)nc3=O)CO[C@@H]2COP(=O)(O)O[PH](=O)O)c(OC)c1. The number of hydrogen-bond acceptors (Lipinski definition) is 14. The van der Waals surface area contributed by atoms with Crippen molar-refractivity contribution < 1.29 is 51.4 Å². The van der Waals surface area contributed by atoms with E-state index in [9.17, 15) is 18.8 Å². The molecule has 2 aromatic rings. The van der Waals surface area contributed by atoms with Crippen LogP contribution in [0.4, 0.5) is 5.82 Å². The molecule has 0 bridgehead atoms. The summed E-state index contributed by atoms with van der Waals surface area (Å²) in [6.07, 6.45) is -0.505. The largest absolute Gasteiger partial charge is 0.496 e. The fourth-order valence-corrected chi connectivity index (χ4v) is 6.17. The van der Waals surface area contributed by atoms with Crippen LogP contribution in [0.5, 0.6) is 17.2 Å². The average Bonchev–Trinajstić information content (AvgIpc) is 3.35. The predicted octanol–water partition coefficient (Wildman–Crippen LogP) is 0.893. The Hall–Kier alpha value is -2.61. The molecule has 19 heteroatoms. The molecule has 5 atom stereocenters. The lowest BCUT2D eigenvalue weighted by Crippen LogP contribution is -2.39. The number of anilines is 1. The van der Waals surface area contributed by atoms with Gasteiger partial charge >= 0.3 is 21.8 Å². The molecule has 42 heavy (non-hydrogen) atoms. The van der Waals surface area contributed by atoms with Gasteiger partial charge in [0.15, 0.2) is 0 Å². The van der Waals surface area contributed by atoms with Crippen molar-refractivity contribution >= 4 is 33.7 Å². The second-order valence-electron chi connectivity index (χ2n) is 8.40. The Bertz CT molecular complexity index is 1410. The molecule has 0 spiro atoms. The summed E-state index contributed by atoms with van der Waals surface area (Å²) in [6.45, 7) is -0.585. The molecule has 0 aliphatic carbocycles. The van der Waals surface area contributed by atoms with Crippen molar-refractivity contribution in [3.63, 3.8) is 0 Å². The summed E-state index contributed by atoms with van der Waals surface area (Å²) in [5, 5.41) is 0. The molecule has 232 valence electrons. The van der Waals surface area contributed by atoms with Gasteiger partial charge in [0.1, 0.15) is 35.3 Å². The smallest absolute Gasteiger partial charge is 0.479 e. The van der Waals surface area contributed by atoms with E-state index in [1.165, 1.54) is 43.9 Å². The molecule has 2 heterocycles. The second kappa shape index (κ2) is 15.7. The molecule has 1 fully saturated rings. The second-order valence-corrected chi connectivity index (χ2v) is 11.8. The maximum Gasteiger partial charge on any atom is 0.479 e. The molecule has 16 nitrogen and oxygen atoms in total. The van der Waals surface area contributed by atoms with Crippen LogP contribution >= 0.6 is 27.8 Å². The highest BCUT2D eigenvalue weighted by atomic mass is 32.2. The van der Waals surface area contributed by atoms with Crippen LogP contribution in [0.2, 0.25) is 0 Å². The first kappa shape index (κ1) is 33.9. The number of hydrogen-bond donors (Lipinski definition) is 4. The maximum absolute atomic E-state index is 12.8. The fourth-order valence-electron chi connectivity index (χ4n) is 4.00. The number of rotatable bonds is 14. The van der Waals surface area contributed by atoms with Gasteiger partial charge in [-0.3, -0.25) is 13.7 Å². The van der Waals surface area contributed by atoms with E-state index in [0.717, 1.165) is 5.56 Å². The number of aromatic nitrogens is 2. The maximum atomic E-state index is 12.8. The first-order chi connectivity index (χ1) is 20.0. The van der Waals surface area contributed by atoms with Gasteiger partial charge in [0, 0.05) is 29.6 Å². The van der Waals surface area contributed by atoms with Crippen molar-refractivity contribution in [3.8, 4) is 29.1 Å². The molecular formula is C23H32N4O12P2S. The highest BCUT2D eigenvalue weighted by molar-refractivity contribution is 7.98. The zero-order chi connectivity index (χ0) is 30.9. The number of methoxy groups -OCH3 is 3. The summed E-state index contributed by atoms with van der Waals surface area (Å²) in [5.41, 5.74) is 11.6. The molecule has 0 radical (unpaired) electrons. The van der Waals surface area contributed by atoms with Crippen molar-refractivity contribution in [2.75, 3.05) is 52.8 Å². The molecule has 1 aliphatic rings. The summed E-state index contributed by atoms with van der Waals surface area (Å²) >= 11 is 1.34. The zero-order valence-electron chi connectivity index (χ0n) is 22.9. The number of nitrogens with zero attached hydrogens (tertiary/aromatic N) is 2. The number of thioether (sulfide) groups is 1. The van der Waals surface area contributed by atoms with Crippen LogP contribution < -0.4 is 31.4 Å². The number of phosphoric acid groups is 1. The van der Waals surface area contributed by atoms with Gasteiger partial charge < -0.3 is 44.9 Å². The van der Waals surface area contributed by atoms with E-state index in [1.807, 2.05) is 0 Å². The first-order valence-electron chi connectivity index (χ1n) is 12.1. The van der Waals surface area contributed by atoms with Crippen LogP contribution in [-0.4, -0.2) is 78.6 Å². The third-order valence-electron chi connectivity index (χ3n) is 5.89. The van der Waals surface area contributed by atoms with E-state index in [4.69, 9.17) is 44.6 Å². The molecule has 3 rings (SSSR count). The van der Waals surface area contributed by atoms with Crippen LogP contribution in [0.25, 0.3) is 0 Å². The zero-order valence-corrected chi connectivity index (χ0v) is 25.6. The van der Waals surface area contributed by atoms with E-state index >= 15 is 0 Å². The molecule has 0 saturated carbocycles. The van der Waals surface area contributed by atoms with Crippen LogP contribution in [0, 0.1) is 11.8 Å². The van der Waals surface area contributed by atoms with Crippen LogP contribution in [0.15, 0.2) is 23.1 Å². The quantitative estimate of drug-likeness (QED) is 0.0964. The van der Waals surface area contributed by atoms with Gasteiger partial charge in [-0.05, 0) is 0 Å². The van der Waals surface area contributed by atoms with Crippen molar-refractivity contribution in [1.29, 1.82) is 0 Å². The van der Waals surface area contributed by atoms with Crippen LogP contribution in [0.1, 0.15) is 17.2 Å². The summed E-state index contributed by atoms with van der Waals surface area (Å²) in [7, 11) is -4.07. The van der Waals surface area contributed by atoms with Gasteiger partial charge in [0.2, 0.25) is 0 Å². The molecule has 1 aliphatic heterocycles. The predicted molar refractivity (Wildman–Crippen MR) is 153 cm³/mol. The minimum absolute atomic E-state index is 0.0562. The van der Waals surface area contributed by atoms with Gasteiger partial charge in [-0.1, -0.05) is 11.8 Å². The molecule has 1 aromatic carbocycles. The van der Waals surface area contributed by atoms with E-state index in [-0.39, 0.29) is 30.5 Å². The number of benzene rings is 1. The average molecular weight is 651 g/mol. The summed E-state index contributed by atoms with van der Waals surface area (Å²) in [5.74, 6) is 7.41. The third-order valence-corrected chi connectivity index (χ3v) is 8.71. The lowest BCUT2D eigenvalue weighted by molar-refractivity contribution is -0.0228. The van der Waals surface area contributed by atoms with E-state index < -0.39 is 46.6 Å². The highest BCUT2D eigenvalue weighted by Crippen LogP contribution is 2.51. The van der Waals surface area contributed by atoms with E-state index in [1.54, 1.807) is 12.1 Å². The highest BCUT2D eigenvalue weighted by Gasteiger charge is 2.42. The minimum Gasteiger partial charge on any atom is -0.496 e. The van der Waals surface area contributed by atoms with Crippen molar-refractivity contribution in [2.24, 2.45) is 5.73 Å². The van der Waals surface area contributed by atoms with Gasteiger partial charge in [0.05, 0.1) is 58.6 Å². The van der Waals surface area contributed by atoms with Crippen LogP contribution in [-0.2, 0) is 33.2 Å². The Morgan fingerprint density at radius 2 is 1.95 bits per heavy atom. The normalized spacial score (nSPS) is 20.3. The van der Waals surface area contributed by atoms with Crippen molar-refractivity contribution in [2.45, 2.75) is 24.0 Å². The Morgan fingerprint density at radius 3 is 2.55 bits per heavy atom. The van der Waals surface area contributed by atoms with Crippen LogP contribution in [0.3, 0.4) is 0 Å². The lowest BCUT2D eigenvalue weighted by atomic mass is 10.1. The topological polar surface area (TPSA) is 226 Å². The van der Waals surface area contributed by atoms with Crippen molar-refractivity contribution in [1.82, 2.24) is 9.55 Å². The molecular weight excluding hydrogens is 618 g/mol. The number of nitrogen functional groups attached to an aromatic ring is 1. The monoisotopic (exact) mass is 650 g/mol. The van der Waals surface area contributed by atoms with Gasteiger partial charge in [0.25, 0.3) is 0 Å². The standard InChI is InChI=1S/C23H32N4O12P2S/c1-33-15-7-18(34-2)16(19(8-15)35-3)12-42-13-37-21-17(10-36-20(21)11-38-41(31,32)39-40(29)30)27-9-14(5-4-6-24)22(25)26-23(27)28/h7-9,17,20-21,40H,6,10-13,24H2,1-3H3,(H,29,30)(H,31,32)(H2,25,26,28)/t17-,20-,21+/m1/s1. The Balaban J connectivity index is 1.83.